The fourth-order valence-electron chi connectivity index (χ4n) is 2.05. The average molecular weight is 334 g/mol. The third kappa shape index (κ3) is 4.92. The van der Waals surface area contributed by atoms with Gasteiger partial charge in [0.25, 0.3) is 5.91 Å². The van der Waals surface area contributed by atoms with Gasteiger partial charge in [-0.2, -0.15) is 0 Å². The molecule has 7 heteroatoms. The van der Waals surface area contributed by atoms with Gasteiger partial charge in [0.05, 0.1) is 12.8 Å². The van der Waals surface area contributed by atoms with Crippen molar-refractivity contribution in [2.45, 2.75) is 18.9 Å². The summed E-state index contributed by atoms with van der Waals surface area (Å²) in [4.78, 5) is 23.4. The van der Waals surface area contributed by atoms with E-state index in [1.165, 1.54) is 43.5 Å². The number of hydrogen-bond acceptors (Lipinski definition) is 4. The second kappa shape index (κ2) is 7.74. The highest BCUT2D eigenvalue weighted by atomic mass is 19.1. The van der Waals surface area contributed by atoms with Gasteiger partial charge in [-0.05, 0) is 36.8 Å². The maximum atomic E-state index is 12.9. The quantitative estimate of drug-likeness (QED) is 0.717. The number of halogens is 1. The van der Waals surface area contributed by atoms with Gasteiger partial charge in [0.1, 0.15) is 11.4 Å². The smallest absolute Gasteiger partial charge is 0.286 e. The second-order valence-electron chi connectivity index (χ2n) is 5.54. The molecule has 0 saturated carbocycles. The molecule has 1 unspecified atom stereocenters. The van der Waals surface area contributed by atoms with Gasteiger partial charge in [-0.1, -0.05) is 12.1 Å². The fraction of sp³-hybridized carbons (Fsp3) is 0.294. The van der Waals surface area contributed by atoms with E-state index in [-0.39, 0.29) is 31.2 Å². The normalized spacial score (nSPS) is 13.1. The third-order valence-electron chi connectivity index (χ3n) is 3.48. The fourth-order valence-corrected chi connectivity index (χ4v) is 2.05. The van der Waals surface area contributed by atoms with Crippen LogP contribution in [-0.4, -0.2) is 30.0 Å². The summed E-state index contributed by atoms with van der Waals surface area (Å²) in [5.41, 5.74) is -0.823. The Morgan fingerprint density at radius 2 is 1.92 bits per heavy atom. The average Bonchev–Trinajstić information content (AvgIpc) is 3.08. The van der Waals surface area contributed by atoms with Crippen LogP contribution in [0.3, 0.4) is 0 Å². The first-order valence-corrected chi connectivity index (χ1v) is 7.45. The Morgan fingerprint density at radius 1 is 1.21 bits per heavy atom. The van der Waals surface area contributed by atoms with Crippen molar-refractivity contribution in [3.8, 4) is 0 Å². The minimum atomic E-state index is -1.32. The van der Waals surface area contributed by atoms with Gasteiger partial charge >= 0.3 is 0 Å². The van der Waals surface area contributed by atoms with E-state index in [0.29, 0.717) is 5.56 Å². The van der Waals surface area contributed by atoms with E-state index in [2.05, 4.69) is 10.6 Å². The lowest BCUT2D eigenvalue weighted by Gasteiger charge is -2.24. The summed E-state index contributed by atoms with van der Waals surface area (Å²) in [6.07, 6.45) is 1.45. The molecule has 0 aliphatic carbocycles. The molecule has 1 heterocycles. The number of nitrogens with one attached hydrogen (secondary N) is 2. The molecular formula is C17H19FN2O4. The van der Waals surface area contributed by atoms with Crippen LogP contribution in [0.5, 0.6) is 0 Å². The molecule has 2 amide bonds. The lowest BCUT2D eigenvalue weighted by atomic mass is 9.96. The predicted molar refractivity (Wildman–Crippen MR) is 84.6 cm³/mol. The summed E-state index contributed by atoms with van der Waals surface area (Å²) in [5.74, 6) is -0.941. The first-order valence-electron chi connectivity index (χ1n) is 7.45. The predicted octanol–water partition coefficient (Wildman–Crippen LogP) is 1.56. The molecule has 6 nitrogen and oxygen atoms in total. The van der Waals surface area contributed by atoms with Crippen molar-refractivity contribution in [2.75, 3.05) is 13.1 Å². The van der Waals surface area contributed by atoms with Gasteiger partial charge in [-0.25, -0.2) is 4.39 Å². The van der Waals surface area contributed by atoms with Crippen LogP contribution < -0.4 is 10.6 Å². The zero-order valence-corrected chi connectivity index (χ0v) is 13.2. The van der Waals surface area contributed by atoms with Gasteiger partial charge in [0.15, 0.2) is 5.76 Å². The summed E-state index contributed by atoms with van der Waals surface area (Å²) in [6.45, 7) is 1.65. The molecule has 1 atom stereocenters. The van der Waals surface area contributed by atoms with Crippen molar-refractivity contribution in [1.82, 2.24) is 10.6 Å². The van der Waals surface area contributed by atoms with Gasteiger partial charge in [-0.15, -0.1) is 0 Å². The zero-order chi connectivity index (χ0) is 17.6. The highest BCUT2D eigenvalue weighted by molar-refractivity contribution is 5.91. The number of carbonyl (C=O) groups is 2. The molecule has 1 aromatic heterocycles. The van der Waals surface area contributed by atoms with Crippen molar-refractivity contribution in [3.05, 3.63) is 59.8 Å². The molecule has 3 N–H and O–H groups in total. The molecule has 0 aliphatic rings. The zero-order valence-electron chi connectivity index (χ0n) is 13.2. The van der Waals surface area contributed by atoms with Crippen LogP contribution in [0, 0.1) is 5.82 Å². The van der Waals surface area contributed by atoms with E-state index >= 15 is 0 Å². The van der Waals surface area contributed by atoms with Gasteiger partial charge in [0.2, 0.25) is 5.91 Å². The molecule has 1 aromatic carbocycles. The summed E-state index contributed by atoms with van der Waals surface area (Å²) in [5, 5.41) is 15.5. The first-order chi connectivity index (χ1) is 11.4. The summed E-state index contributed by atoms with van der Waals surface area (Å²) in [6, 6.07) is 8.54. The van der Waals surface area contributed by atoms with Crippen molar-refractivity contribution < 1.29 is 23.5 Å². The van der Waals surface area contributed by atoms with Gasteiger partial charge in [0, 0.05) is 13.0 Å². The van der Waals surface area contributed by atoms with E-state index in [1.54, 1.807) is 6.07 Å². The standard InChI is InChI=1S/C17H19FN2O4/c1-17(23,12-4-6-13(18)7-5-12)11-20-15(21)8-9-19-16(22)14-3-2-10-24-14/h2-7,10,23H,8-9,11H2,1H3,(H,19,22)(H,20,21). The van der Waals surface area contributed by atoms with Crippen LogP contribution in [0.25, 0.3) is 0 Å². The van der Waals surface area contributed by atoms with Crippen LogP contribution in [0.4, 0.5) is 4.39 Å². The molecule has 2 rings (SSSR count). The van der Waals surface area contributed by atoms with E-state index in [1.807, 2.05) is 0 Å². The summed E-state index contributed by atoms with van der Waals surface area (Å²) >= 11 is 0. The minimum absolute atomic E-state index is 0.0242. The maximum absolute atomic E-state index is 12.9. The number of rotatable bonds is 7. The van der Waals surface area contributed by atoms with E-state index in [4.69, 9.17) is 4.42 Å². The SMILES string of the molecule is CC(O)(CNC(=O)CCNC(=O)c1ccco1)c1ccc(F)cc1. The second-order valence-corrected chi connectivity index (χ2v) is 5.54. The number of hydrogen-bond donors (Lipinski definition) is 3. The largest absolute Gasteiger partial charge is 0.459 e. The molecule has 0 saturated heterocycles. The summed E-state index contributed by atoms with van der Waals surface area (Å²) in [7, 11) is 0. The first kappa shape index (κ1) is 17.7. The lowest BCUT2D eigenvalue weighted by Crippen LogP contribution is -2.39. The van der Waals surface area contributed by atoms with Gasteiger partial charge in [-0.3, -0.25) is 9.59 Å². The summed E-state index contributed by atoms with van der Waals surface area (Å²) < 4.78 is 17.8. The van der Waals surface area contributed by atoms with Crippen molar-refractivity contribution in [1.29, 1.82) is 0 Å². The molecule has 0 aliphatic heterocycles. The van der Waals surface area contributed by atoms with Crippen LogP contribution >= 0.6 is 0 Å². The number of aliphatic hydroxyl groups is 1. The van der Waals surface area contributed by atoms with Crippen molar-refractivity contribution in [2.24, 2.45) is 0 Å². The molecule has 2 aromatic rings. The Kier molecular flexibility index (Phi) is 5.70. The third-order valence-corrected chi connectivity index (χ3v) is 3.48. The molecule has 0 fully saturated rings. The monoisotopic (exact) mass is 334 g/mol. The molecule has 128 valence electrons. The Hall–Kier alpha value is -2.67. The van der Waals surface area contributed by atoms with E-state index < -0.39 is 17.3 Å². The lowest BCUT2D eigenvalue weighted by molar-refractivity contribution is -0.122. The van der Waals surface area contributed by atoms with E-state index in [9.17, 15) is 19.1 Å². The maximum Gasteiger partial charge on any atom is 0.286 e. The number of carbonyl (C=O) groups excluding carboxylic acids is 2. The Bertz CT molecular complexity index is 681. The topological polar surface area (TPSA) is 91.6 Å². The highest BCUT2D eigenvalue weighted by Crippen LogP contribution is 2.19. The Morgan fingerprint density at radius 3 is 2.54 bits per heavy atom. The molecule has 0 bridgehead atoms. The molecular weight excluding hydrogens is 315 g/mol. The number of benzene rings is 1. The highest BCUT2D eigenvalue weighted by Gasteiger charge is 2.23. The van der Waals surface area contributed by atoms with Crippen LogP contribution in [0.1, 0.15) is 29.5 Å². The van der Waals surface area contributed by atoms with Crippen LogP contribution in [0.2, 0.25) is 0 Å². The molecule has 24 heavy (non-hydrogen) atoms. The van der Waals surface area contributed by atoms with Crippen LogP contribution in [0.15, 0.2) is 47.1 Å². The molecule has 0 radical (unpaired) electrons. The number of furan rings is 1. The van der Waals surface area contributed by atoms with E-state index in [0.717, 1.165) is 0 Å². The van der Waals surface area contributed by atoms with Crippen molar-refractivity contribution in [3.63, 3.8) is 0 Å². The van der Waals surface area contributed by atoms with Crippen molar-refractivity contribution >= 4 is 11.8 Å². The minimum Gasteiger partial charge on any atom is -0.459 e. The van der Waals surface area contributed by atoms with Crippen LogP contribution in [-0.2, 0) is 10.4 Å². The Balaban J connectivity index is 1.74. The Labute approximate surface area is 138 Å². The number of amides is 2. The molecule has 0 spiro atoms. The van der Waals surface area contributed by atoms with Gasteiger partial charge < -0.3 is 20.2 Å².